The van der Waals surface area contributed by atoms with Crippen LogP contribution in [0.5, 0.6) is 0 Å². The maximum atomic E-state index is 10.6. The highest BCUT2D eigenvalue weighted by Crippen LogP contribution is 2.22. The summed E-state index contributed by atoms with van der Waals surface area (Å²) in [6.07, 6.45) is 3.03. The first-order chi connectivity index (χ1) is 8.65. The van der Waals surface area contributed by atoms with Crippen molar-refractivity contribution < 1.29 is 4.79 Å². The average molecular weight is 258 g/mol. The number of halogens is 1. The molecule has 0 radical (unpaired) electrons. The molecule has 90 valence electrons. The lowest BCUT2D eigenvalue weighted by molar-refractivity contribution is -0.113. The summed E-state index contributed by atoms with van der Waals surface area (Å²) in [7, 11) is 0. The Morgan fingerprint density at radius 3 is 1.94 bits per heavy atom. The zero-order chi connectivity index (χ0) is 13.0. The van der Waals surface area contributed by atoms with Gasteiger partial charge in [0.15, 0.2) is 0 Å². The van der Waals surface area contributed by atoms with Crippen LogP contribution in [0.2, 0.25) is 5.02 Å². The zero-order valence-corrected chi connectivity index (χ0v) is 10.4. The summed E-state index contributed by atoms with van der Waals surface area (Å²) >= 11 is 5.84. The number of amides is 1. The van der Waals surface area contributed by atoms with Crippen LogP contribution >= 0.6 is 11.6 Å². The van der Waals surface area contributed by atoms with Gasteiger partial charge in [0.2, 0.25) is 5.91 Å². The molecule has 2 aromatic rings. The molecule has 0 bridgehead atoms. The van der Waals surface area contributed by atoms with Crippen molar-refractivity contribution in [2.75, 3.05) is 0 Å². The van der Waals surface area contributed by atoms with Crippen LogP contribution in [0.1, 0.15) is 5.56 Å². The molecule has 2 rings (SSSR count). The number of carbonyl (C=O) groups excluding carboxylic acids is 1. The maximum absolute atomic E-state index is 10.6. The summed E-state index contributed by atoms with van der Waals surface area (Å²) < 4.78 is 0. The predicted octanol–water partition coefficient (Wildman–Crippen LogP) is 3.51. The van der Waals surface area contributed by atoms with Gasteiger partial charge in [0, 0.05) is 11.1 Å². The molecule has 0 aliphatic heterocycles. The summed E-state index contributed by atoms with van der Waals surface area (Å²) in [6.45, 7) is 0. The Balaban J connectivity index is 2.22. The second-order valence-corrected chi connectivity index (χ2v) is 4.30. The standard InChI is InChI=1S/C15H12ClNO/c16-14-8-6-13(7-9-14)12-4-1-11(2-5-12)3-10-15(17)18/h1-10H,(H2,17,18)/b10-3-. The van der Waals surface area contributed by atoms with Gasteiger partial charge in [0.05, 0.1) is 0 Å². The van der Waals surface area contributed by atoms with Gasteiger partial charge < -0.3 is 5.73 Å². The largest absolute Gasteiger partial charge is 0.366 e. The minimum atomic E-state index is -0.447. The molecule has 18 heavy (non-hydrogen) atoms. The number of hydrogen-bond donors (Lipinski definition) is 1. The molecule has 0 atom stereocenters. The van der Waals surface area contributed by atoms with Crippen LogP contribution in [0.4, 0.5) is 0 Å². The summed E-state index contributed by atoms with van der Waals surface area (Å²) in [5, 5.41) is 0.722. The lowest BCUT2D eigenvalue weighted by Gasteiger charge is -2.02. The van der Waals surface area contributed by atoms with Crippen LogP contribution in [0.3, 0.4) is 0 Å². The van der Waals surface area contributed by atoms with Crippen molar-refractivity contribution >= 4 is 23.6 Å². The first-order valence-corrected chi connectivity index (χ1v) is 5.86. The number of hydrogen-bond acceptors (Lipinski definition) is 1. The molecule has 2 nitrogen and oxygen atoms in total. The van der Waals surface area contributed by atoms with Gasteiger partial charge in [-0.05, 0) is 34.9 Å². The third kappa shape index (κ3) is 3.22. The molecule has 2 N–H and O–H groups in total. The van der Waals surface area contributed by atoms with Crippen LogP contribution in [-0.2, 0) is 4.79 Å². The van der Waals surface area contributed by atoms with Gasteiger partial charge in [-0.25, -0.2) is 0 Å². The molecule has 0 aromatic heterocycles. The molecule has 1 amide bonds. The van der Waals surface area contributed by atoms with Gasteiger partial charge in [0.1, 0.15) is 0 Å². The Morgan fingerprint density at radius 1 is 0.944 bits per heavy atom. The smallest absolute Gasteiger partial charge is 0.241 e. The Kier molecular flexibility index (Phi) is 3.80. The summed E-state index contributed by atoms with van der Waals surface area (Å²) in [4.78, 5) is 10.6. The summed E-state index contributed by atoms with van der Waals surface area (Å²) in [5.74, 6) is -0.447. The van der Waals surface area contributed by atoms with Crippen LogP contribution in [0.25, 0.3) is 17.2 Å². The van der Waals surface area contributed by atoms with Gasteiger partial charge in [-0.2, -0.15) is 0 Å². The molecule has 0 spiro atoms. The minimum Gasteiger partial charge on any atom is -0.366 e. The number of primary amides is 1. The van der Waals surface area contributed by atoms with Crippen molar-refractivity contribution in [3.05, 3.63) is 65.2 Å². The summed E-state index contributed by atoms with van der Waals surface area (Å²) in [6, 6.07) is 15.5. The Morgan fingerprint density at radius 2 is 1.44 bits per heavy atom. The zero-order valence-electron chi connectivity index (χ0n) is 9.64. The maximum Gasteiger partial charge on any atom is 0.241 e. The SMILES string of the molecule is NC(=O)/C=C\c1ccc(-c2ccc(Cl)cc2)cc1. The molecule has 0 aliphatic rings. The van der Waals surface area contributed by atoms with Crippen molar-refractivity contribution in [2.24, 2.45) is 5.73 Å². The van der Waals surface area contributed by atoms with Crippen LogP contribution in [0.15, 0.2) is 54.6 Å². The first kappa shape index (κ1) is 12.4. The second kappa shape index (κ2) is 5.52. The van der Waals surface area contributed by atoms with Crippen LogP contribution < -0.4 is 5.73 Å². The summed E-state index contributed by atoms with van der Waals surface area (Å²) in [5.41, 5.74) is 8.18. The van der Waals surface area contributed by atoms with Gasteiger partial charge in [-0.1, -0.05) is 48.0 Å². The third-order valence-corrected chi connectivity index (χ3v) is 2.78. The second-order valence-electron chi connectivity index (χ2n) is 3.86. The normalized spacial score (nSPS) is 10.7. The van der Waals surface area contributed by atoms with E-state index in [4.69, 9.17) is 17.3 Å². The van der Waals surface area contributed by atoms with Crippen molar-refractivity contribution in [3.8, 4) is 11.1 Å². The molecule has 0 aliphatic carbocycles. The van der Waals surface area contributed by atoms with E-state index in [9.17, 15) is 4.79 Å². The fraction of sp³-hybridized carbons (Fsp3) is 0. The van der Waals surface area contributed by atoms with Crippen molar-refractivity contribution in [1.29, 1.82) is 0 Å². The van der Waals surface area contributed by atoms with E-state index in [-0.39, 0.29) is 0 Å². The van der Waals surface area contributed by atoms with Crippen LogP contribution in [0, 0.1) is 0 Å². The monoisotopic (exact) mass is 257 g/mol. The predicted molar refractivity (Wildman–Crippen MR) is 75.1 cm³/mol. The van der Waals surface area contributed by atoms with E-state index in [1.54, 1.807) is 6.08 Å². The molecule has 0 heterocycles. The van der Waals surface area contributed by atoms with Gasteiger partial charge in [-0.3, -0.25) is 4.79 Å². The number of rotatable bonds is 3. The van der Waals surface area contributed by atoms with Gasteiger partial charge >= 0.3 is 0 Å². The molecule has 3 heteroatoms. The van der Waals surface area contributed by atoms with Crippen molar-refractivity contribution in [1.82, 2.24) is 0 Å². The Labute approximate surface area is 111 Å². The molecular weight excluding hydrogens is 246 g/mol. The van der Waals surface area contributed by atoms with Gasteiger partial charge in [0.25, 0.3) is 0 Å². The molecule has 0 fully saturated rings. The van der Waals surface area contributed by atoms with E-state index in [2.05, 4.69) is 0 Å². The Hall–Kier alpha value is -2.06. The molecule has 0 unspecified atom stereocenters. The highest BCUT2D eigenvalue weighted by molar-refractivity contribution is 6.30. The number of carbonyl (C=O) groups is 1. The molecular formula is C15H12ClNO. The van der Waals surface area contributed by atoms with E-state index in [1.165, 1.54) is 6.08 Å². The van der Waals surface area contributed by atoms with E-state index >= 15 is 0 Å². The third-order valence-electron chi connectivity index (χ3n) is 2.53. The van der Waals surface area contributed by atoms with Crippen molar-refractivity contribution in [2.45, 2.75) is 0 Å². The Bertz CT molecular complexity index is 570. The highest BCUT2D eigenvalue weighted by atomic mass is 35.5. The number of nitrogens with two attached hydrogens (primary N) is 1. The average Bonchev–Trinajstić information content (AvgIpc) is 2.38. The first-order valence-electron chi connectivity index (χ1n) is 5.49. The van der Waals surface area contributed by atoms with Crippen molar-refractivity contribution in [3.63, 3.8) is 0 Å². The number of benzene rings is 2. The van der Waals surface area contributed by atoms with E-state index in [1.807, 2.05) is 48.5 Å². The lowest BCUT2D eigenvalue weighted by atomic mass is 10.0. The minimum absolute atomic E-state index is 0.447. The fourth-order valence-corrected chi connectivity index (χ4v) is 1.73. The van der Waals surface area contributed by atoms with E-state index in [0.29, 0.717) is 0 Å². The van der Waals surface area contributed by atoms with E-state index < -0.39 is 5.91 Å². The van der Waals surface area contributed by atoms with Crippen LogP contribution in [-0.4, -0.2) is 5.91 Å². The van der Waals surface area contributed by atoms with E-state index in [0.717, 1.165) is 21.7 Å². The lowest BCUT2D eigenvalue weighted by Crippen LogP contribution is -2.04. The molecule has 0 saturated heterocycles. The fourth-order valence-electron chi connectivity index (χ4n) is 1.61. The highest BCUT2D eigenvalue weighted by Gasteiger charge is 1.97. The van der Waals surface area contributed by atoms with Gasteiger partial charge in [-0.15, -0.1) is 0 Å². The molecule has 2 aromatic carbocycles. The topological polar surface area (TPSA) is 43.1 Å². The molecule has 0 saturated carbocycles. The quantitative estimate of drug-likeness (QED) is 0.840.